The van der Waals surface area contributed by atoms with Crippen molar-refractivity contribution in [2.24, 2.45) is 0 Å². The molecular formula is C26H32N8O. The number of aromatic hydroxyl groups is 1. The molecular weight excluding hydrogens is 440 g/mol. The van der Waals surface area contributed by atoms with E-state index in [9.17, 15) is 5.11 Å². The molecule has 1 saturated heterocycles. The number of piperidine rings is 1. The van der Waals surface area contributed by atoms with Gasteiger partial charge in [0.15, 0.2) is 5.65 Å². The van der Waals surface area contributed by atoms with Crippen LogP contribution in [0.3, 0.4) is 0 Å². The highest BCUT2D eigenvalue weighted by Crippen LogP contribution is 2.34. The van der Waals surface area contributed by atoms with E-state index >= 15 is 0 Å². The van der Waals surface area contributed by atoms with Crippen LogP contribution in [0.25, 0.3) is 28.2 Å². The van der Waals surface area contributed by atoms with Crippen LogP contribution in [0.15, 0.2) is 42.7 Å². The van der Waals surface area contributed by atoms with Crippen LogP contribution in [0.2, 0.25) is 0 Å². The van der Waals surface area contributed by atoms with Gasteiger partial charge in [-0.2, -0.15) is 5.10 Å². The van der Waals surface area contributed by atoms with Gasteiger partial charge in [0.1, 0.15) is 11.4 Å². The number of nitrogens with one attached hydrogen (secondary N) is 1. The Hall–Kier alpha value is -3.59. The summed E-state index contributed by atoms with van der Waals surface area (Å²) >= 11 is 0. The maximum absolute atomic E-state index is 10.8. The summed E-state index contributed by atoms with van der Waals surface area (Å²) in [5.74, 6) is 0.682. The number of nitrogens with zero attached hydrogens (tertiary/aromatic N) is 7. The Morgan fingerprint density at radius 3 is 2.43 bits per heavy atom. The second kappa shape index (κ2) is 8.27. The van der Waals surface area contributed by atoms with Crippen molar-refractivity contribution >= 4 is 11.6 Å². The Morgan fingerprint density at radius 2 is 1.77 bits per heavy atom. The highest BCUT2D eigenvalue weighted by molar-refractivity contribution is 5.72. The van der Waals surface area contributed by atoms with Gasteiger partial charge >= 0.3 is 0 Å². The number of imidazole rings is 1. The largest absolute Gasteiger partial charge is 0.507 e. The normalized spacial score (nSPS) is 17.5. The number of aryl methyl sites for hydroxylation is 1. The number of benzene rings is 1. The van der Waals surface area contributed by atoms with Crippen LogP contribution in [-0.4, -0.2) is 59.1 Å². The minimum Gasteiger partial charge on any atom is -0.507 e. The van der Waals surface area contributed by atoms with Crippen LogP contribution in [0.4, 0.5) is 5.95 Å². The first kappa shape index (κ1) is 23.2. The summed E-state index contributed by atoms with van der Waals surface area (Å²) in [7, 11) is 2.02. The Balaban J connectivity index is 1.37. The molecule has 1 aliphatic rings. The van der Waals surface area contributed by atoms with Crippen molar-refractivity contribution in [3.05, 3.63) is 48.4 Å². The molecule has 0 atom stereocenters. The van der Waals surface area contributed by atoms with Crippen LogP contribution in [-0.2, 0) is 0 Å². The van der Waals surface area contributed by atoms with Crippen LogP contribution in [0, 0.1) is 6.92 Å². The minimum absolute atomic E-state index is 0.0255. The summed E-state index contributed by atoms with van der Waals surface area (Å²) in [5, 5.41) is 27.9. The first-order valence-corrected chi connectivity index (χ1v) is 11.9. The van der Waals surface area contributed by atoms with Gasteiger partial charge < -0.3 is 15.3 Å². The highest BCUT2D eigenvalue weighted by Gasteiger charge is 2.39. The van der Waals surface area contributed by atoms with E-state index in [0.29, 0.717) is 23.2 Å². The molecule has 0 spiro atoms. The van der Waals surface area contributed by atoms with Gasteiger partial charge in [0, 0.05) is 35.3 Å². The number of phenols is 1. The van der Waals surface area contributed by atoms with E-state index in [2.05, 4.69) is 63.2 Å². The molecule has 1 aliphatic heterocycles. The van der Waals surface area contributed by atoms with Gasteiger partial charge in [0.25, 0.3) is 0 Å². The van der Waals surface area contributed by atoms with Crippen molar-refractivity contribution in [3.8, 4) is 28.3 Å². The van der Waals surface area contributed by atoms with Crippen LogP contribution >= 0.6 is 0 Å². The molecule has 1 fully saturated rings. The fourth-order valence-electron chi connectivity index (χ4n) is 5.32. The molecule has 0 saturated carbocycles. The van der Waals surface area contributed by atoms with E-state index in [0.717, 1.165) is 35.4 Å². The summed E-state index contributed by atoms with van der Waals surface area (Å²) in [6.07, 6.45) is 5.51. The van der Waals surface area contributed by atoms with Gasteiger partial charge in [-0.1, -0.05) is 6.07 Å². The van der Waals surface area contributed by atoms with Crippen molar-refractivity contribution in [3.63, 3.8) is 0 Å². The van der Waals surface area contributed by atoms with Gasteiger partial charge in [-0.15, -0.1) is 10.2 Å². The van der Waals surface area contributed by atoms with Gasteiger partial charge in [-0.3, -0.25) is 0 Å². The topological polar surface area (TPSA) is 104 Å². The maximum atomic E-state index is 10.8. The lowest BCUT2D eigenvalue weighted by atomic mass is 9.79. The van der Waals surface area contributed by atoms with E-state index in [-0.39, 0.29) is 16.8 Å². The fraction of sp³-hybridized carbons (Fsp3) is 0.423. The highest BCUT2D eigenvalue weighted by atomic mass is 16.3. The molecule has 4 heterocycles. The van der Waals surface area contributed by atoms with Gasteiger partial charge in [-0.25, -0.2) is 14.5 Å². The quantitative estimate of drug-likeness (QED) is 0.459. The zero-order valence-electron chi connectivity index (χ0n) is 21.1. The Morgan fingerprint density at radius 1 is 1.03 bits per heavy atom. The predicted octanol–water partition coefficient (Wildman–Crippen LogP) is 4.01. The second-order valence-electron chi connectivity index (χ2n) is 10.8. The zero-order valence-corrected chi connectivity index (χ0v) is 21.1. The molecule has 3 aromatic heterocycles. The molecule has 182 valence electrons. The van der Waals surface area contributed by atoms with Crippen molar-refractivity contribution in [2.75, 3.05) is 11.9 Å². The van der Waals surface area contributed by atoms with Gasteiger partial charge in [0.05, 0.1) is 23.8 Å². The molecule has 1 aromatic carbocycles. The third-order valence-electron chi connectivity index (χ3n) is 6.59. The Kier molecular flexibility index (Phi) is 5.47. The number of hydrogen-bond acceptors (Lipinski definition) is 8. The summed E-state index contributed by atoms with van der Waals surface area (Å²) in [6.45, 7) is 10.8. The molecule has 9 heteroatoms. The Bertz CT molecular complexity index is 1360. The molecule has 5 rings (SSSR count). The predicted molar refractivity (Wildman–Crippen MR) is 136 cm³/mol. The molecule has 2 N–H and O–H groups in total. The lowest BCUT2D eigenvalue weighted by Gasteiger charge is -2.48. The van der Waals surface area contributed by atoms with E-state index in [1.54, 1.807) is 16.8 Å². The van der Waals surface area contributed by atoms with Gasteiger partial charge in [0.2, 0.25) is 5.95 Å². The number of fused-ring (bicyclic) bond motifs is 1. The first-order chi connectivity index (χ1) is 16.5. The lowest BCUT2D eigenvalue weighted by Crippen LogP contribution is -2.62. The van der Waals surface area contributed by atoms with Crippen LogP contribution in [0.5, 0.6) is 5.75 Å². The standard InChI is InChI=1S/C26H32N8O/c1-16-15-34-23(28-16)10-9-20(31-34)17-7-8-19(22(35)11-17)21-14-27-24(30-29-21)33(6)18-12-25(2,3)32-26(4,5)13-18/h7-11,14-15,18,32,35H,12-13H2,1-6H3. The molecule has 0 radical (unpaired) electrons. The summed E-state index contributed by atoms with van der Waals surface area (Å²) in [5.41, 5.74) is 4.38. The molecule has 0 amide bonds. The van der Waals surface area contributed by atoms with E-state index in [4.69, 9.17) is 0 Å². The van der Waals surface area contributed by atoms with Crippen molar-refractivity contribution in [1.82, 2.24) is 35.1 Å². The maximum Gasteiger partial charge on any atom is 0.245 e. The lowest BCUT2D eigenvalue weighted by molar-refractivity contribution is 0.160. The Labute approximate surface area is 205 Å². The third kappa shape index (κ3) is 4.68. The average molecular weight is 473 g/mol. The molecule has 4 aromatic rings. The monoisotopic (exact) mass is 472 g/mol. The molecule has 35 heavy (non-hydrogen) atoms. The van der Waals surface area contributed by atoms with Crippen molar-refractivity contribution < 1.29 is 5.11 Å². The van der Waals surface area contributed by atoms with E-state index in [1.807, 2.05) is 44.4 Å². The number of hydrogen-bond donors (Lipinski definition) is 2. The van der Waals surface area contributed by atoms with E-state index in [1.165, 1.54) is 0 Å². The molecule has 9 nitrogen and oxygen atoms in total. The number of phenolic OH excluding ortho intramolecular Hbond substituents is 1. The smallest absolute Gasteiger partial charge is 0.245 e. The summed E-state index contributed by atoms with van der Waals surface area (Å²) in [4.78, 5) is 11.1. The second-order valence-corrected chi connectivity index (χ2v) is 10.8. The molecule has 0 aliphatic carbocycles. The number of rotatable bonds is 4. The van der Waals surface area contributed by atoms with E-state index < -0.39 is 0 Å². The van der Waals surface area contributed by atoms with Crippen molar-refractivity contribution in [1.29, 1.82) is 0 Å². The van der Waals surface area contributed by atoms with Gasteiger partial charge in [-0.05, 0) is 71.7 Å². The zero-order chi connectivity index (χ0) is 25.0. The SMILES string of the molecule is Cc1cn2nc(-c3ccc(-c4cnc(N(C)C5CC(C)(C)NC(C)(C)C5)nn4)c(O)c3)ccc2n1. The molecule has 0 unspecified atom stereocenters. The summed E-state index contributed by atoms with van der Waals surface area (Å²) < 4.78 is 1.74. The number of aromatic nitrogens is 6. The average Bonchev–Trinajstić information content (AvgIpc) is 3.16. The summed E-state index contributed by atoms with van der Waals surface area (Å²) in [6, 6.07) is 9.52. The first-order valence-electron chi connectivity index (χ1n) is 11.9. The van der Waals surface area contributed by atoms with Crippen LogP contribution in [0.1, 0.15) is 46.2 Å². The number of anilines is 1. The molecule has 0 bridgehead atoms. The van der Waals surface area contributed by atoms with Crippen molar-refractivity contribution in [2.45, 2.75) is 64.6 Å². The third-order valence-corrected chi connectivity index (χ3v) is 6.59. The minimum atomic E-state index is 0.0255. The fourth-order valence-corrected chi connectivity index (χ4v) is 5.32. The van der Waals surface area contributed by atoms with Crippen LogP contribution < -0.4 is 10.2 Å².